The Kier molecular flexibility index (Phi) is 2.39. The Labute approximate surface area is 114 Å². The van der Waals surface area contributed by atoms with Crippen molar-refractivity contribution in [2.75, 3.05) is 26.3 Å². The van der Waals surface area contributed by atoms with Crippen LogP contribution in [0.4, 0.5) is 0 Å². The van der Waals surface area contributed by atoms with Crippen molar-refractivity contribution in [2.24, 2.45) is 0 Å². The fraction of sp³-hybridized carbons (Fsp3) is 0.625. The minimum absolute atomic E-state index is 0.103. The van der Waals surface area contributed by atoms with Crippen LogP contribution in [0.5, 0.6) is 0 Å². The highest BCUT2D eigenvalue weighted by molar-refractivity contribution is 5.45. The van der Waals surface area contributed by atoms with Gasteiger partial charge in [0, 0.05) is 19.1 Å². The van der Waals surface area contributed by atoms with E-state index in [1.54, 1.807) is 0 Å². The molecular formula is C16H21NO2. The zero-order chi connectivity index (χ0) is 13.1. The summed E-state index contributed by atoms with van der Waals surface area (Å²) < 4.78 is 12.0. The Morgan fingerprint density at radius 2 is 1.79 bits per heavy atom. The highest BCUT2D eigenvalue weighted by Crippen LogP contribution is 2.59. The summed E-state index contributed by atoms with van der Waals surface area (Å²) in [6.07, 6.45) is 1.10. The molecule has 0 saturated carbocycles. The van der Waals surface area contributed by atoms with Crippen LogP contribution in [-0.4, -0.2) is 37.2 Å². The van der Waals surface area contributed by atoms with Crippen molar-refractivity contribution >= 4 is 0 Å². The third kappa shape index (κ3) is 1.49. The predicted molar refractivity (Wildman–Crippen MR) is 73.0 cm³/mol. The number of benzene rings is 1. The van der Waals surface area contributed by atoms with E-state index in [2.05, 4.69) is 43.0 Å². The van der Waals surface area contributed by atoms with Gasteiger partial charge in [0.25, 0.3) is 0 Å². The van der Waals surface area contributed by atoms with E-state index < -0.39 is 0 Å². The van der Waals surface area contributed by atoms with Gasteiger partial charge < -0.3 is 9.47 Å². The van der Waals surface area contributed by atoms with Gasteiger partial charge in [0.2, 0.25) is 0 Å². The summed E-state index contributed by atoms with van der Waals surface area (Å²) in [6.45, 7) is 8.28. The SMILES string of the molecule is CC12CC(N3CCOCC3)C(C)(O1)c1ccccc12. The zero-order valence-electron chi connectivity index (χ0n) is 11.7. The maximum absolute atomic E-state index is 6.50. The second-order valence-electron chi connectivity index (χ2n) is 6.35. The van der Waals surface area contributed by atoms with Crippen LogP contribution >= 0.6 is 0 Å². The summed E-state index contributed by atoms with van der Waals surface area (Å²) in [4.78, 5) is 2.56. The number of hydrogen-bond donors (Lipinski definition) is 0. The first-order valence-electron chi connectivity index (χ1n) is 7.25. The van der Waals surface area contributed by atoms with Crippen molar-refractivity contribution in [1.82, 2.24) is 4.90 Å². The zero-order valence-corrected chi connectivity index (χ0v) is 11.7. The van der Waals surface area contributed by atoms with Gasteiger partial charge in [-0.05, 0) is 31.4 Å². The number of fused-ring (bicyclic) bond motifs is 5. The minimum atomic E-state index is -0.150. The monoisotopic (exact) mass is 259 g/mol. The molecule has 3 atom stereocenters. The van der Waals surface area contributed by atoms with Crippen LogP contribution in [0.1, 0.15) is 31.4 Å². The molecule has 3 heteroatoms. The number of rotatable bonds is 1. The van der Waals surface area contributed by atoms with E-state index >= 15 is 0 Å². The molecule has 4 rings (SSSR count). The van der Waals surface area contributed by atoms with Crippen molar-refractivity contribution < 1.29 is 9.47 Å². The minimum Gasteiger partial charge on any atom is -0.379 e. The Bertz CT molecular complexity index is 511. The van der Waals surface area contributed by atoms with Crippen LogP contribution in [-0.2, 0) is 20.7 Å². The predicted octanol–water partition coefficient (Wildman–Crippen LogP) is 2.25. The number of morpholine rings is 1. The van der Waals surface area contributed by atoms with Crippen LogP contribution in [0, 0.1) is 0 Å². The van der Waals surface area contributed by atoms with Crippen molar-refractivity contribution in [2.45, 2.75) is 37.5 Å². The normalized spacial score (nSPS) is 41.5. The standard InChI is InChI=1S/C16H21NO2/c1-15-11-14(17-7-9-18-10-8-17)16(2,19-15)13-6-4-3-5-12(13)15/h3-6,14H,7-11H2,1-2H3. The molecule has 102 valence electrons. The van der Waals surface area contributed by atoms with Crippen LogP contribution in [0.15, 0.2) is 24.3 Å². The van der Waals surface area contributed by atoms with E-state index in [9.17, 15) is 0 Å². The maximum Gasteiger partial charge on any atom is 0.107 e. The van der Waals surface area contributed by atoms with Gasteiger partial charge >= 0.3 is 0 Å². The molecule has 1 aromatic rings. The number of hydrogen-bond acceptors (Lipinski definition) is 3. The van der Waals surface area contributed by atoms with Gasteiger partial charge in [-0.25, -0.2) is 0 Å². The van der Waals surface area contributed by atoms with Gasteiger partial charge in [0.1, 0.15) is 5.60 Å². The van der Waals surface area contributed by atoms with E-state index in [1.807, 2.05) is 0 Å². The summed E-state index contributed by atoms with van der Waals surface area (Å²) in [7, 11) is 0. The molecule has 3 aliphatic heterocycles. The quantitative estimate of drug-likeness (QED) is 0.772. The second-order valence-corrected chi connectivity index (χ2v) is 6.35. The molecule has 19 heavy (non-hydrogen) atoms. The van der Waals surface area contributed by atoms with Crippen LogP contribution in [0.2, 0.25) is 0 Å². The molecule has 1 aromatic carbocycles. The highest BCUT2D eigenvalue weighted by atomic mass is 16.5. The average Bonchev–Trinajstić information content (AvgIpc) is 2.85. The van der Waals surface area contributed by atoms with E-state index in [1.165, 1.54) is 11.1 Å². The summed E-state index contributed by atoms with van der Waals surface area (Å²) in [5, 5.41) is 0. The second kappa shape index (κ2) is 3.81. The number of ether oxygens (including phenoxy) is 2. The molecular weight excluding hydrogens is 238 g/mol. The first-order chi connectivity index (χ1) is 9.13. The van der Waals surface area contributed by atoms with E-state index in [0.29, 0.717) is 6.04 Å². The Morgan fingerprint density at radius 3 is 2.53 bits per heavy atom. The Morgan fingerprint density at radius 1 is 1.11 bits per heavy atom. The Balaban J connectivity index is 1.75. The largest absolute Gasteiger partial charge is 0.379 e. The first kappa shape index (κ1) is 11.9. The van der Waals surface area contributed by atoms with E-state index in [-0.39, 0.29) is 11.2 Å². The van der Waals surface area contributed by atoms with Gasteiger partial charge in [0.15, 0.2) is 0 Å². The lowest BCUT2D eigenvalue weighted by Gasteiger charge is -2.41. The Hall–Kier alpha value is -0.900. The van der Waals surface area contributed by atoms with Crippen molar-refractivity contribution in [3.05, 3.63) is 35.4 Å². The van der Waals surface area contributed by atoms with Gasteiger partial charge in [-0.1, -0.05) is 24.3 Å². The molecule has 2 fully saturated rings. The van der Waals surface area contributed by atoms with Crippen LogP contribution < -0.4 is 0 Å². The van der Waals surface area contributed by atoms with Crippen molar-refractivity contribution in [3.63, 3.8) is 0 Å². The fourth-order valence-electron chi connectivity index (χ4n) is 4.28. The van der Waals surface area contributed by atoms with Gasteiger partial charge in [-0.2, -0.15) is 0 Å². The molecule has 0 amide bonds. The first-order valence-corrected chi connectivity index (χ1v) is 7.25. The lowest BCUT2D eigenvalue weighted by atomic mass is 9.74. The van der Waals surface area contributed by atoms with Crippen LogP contribution in [0.25, 0.3) is 0 Å². The van der Waals surface area contributed by atoms with Crippen LogP contribution in [0.3, 0.4) is 0 Å². The smallest absolute Gasteiger partial charge is 0.107 e. The third-order valence-electron chi connectivity index (χ3n) is 5.17. The highest BCUT2D eigenvalue weighted by Gasteiger charge is 2.61. The number of nitrogens with zero attached hydrogens (tertiary/aromatic N) is 1. The summed E-state index contributed by atoms with van der Waals surface area (Å²) >= 11 is 0. The maximum atomic E-state index is 6.50. The van der Waals surface area contributed by atoms with E-state index in [0.717, 1.165) is 32.7 Å². The summed E-state index contributed by atoms with van der Waals surface area (Å²) in [6, 6.07) is 9.22. The van der Waals surface area contributed by atoms with Gasteiger partial charge in [0.05, 0.1) is 18.8 Å². The summed E-state index contributed by atoms with van der Waals surface area (Å²) in [5.74, 6) is 0. The third-order valence-corrected chi connectivity index (χ3v) is 5.17. The molecule has 2 saturated heterocycles. The molecule has 0 N–H and O–H groups in total. The molecule has 0 radical (unpaired) electrons. The van der Waals surface area contributed by atoms with Gasteiger partial charge in [-0.15, -0.1) is 0 Å². The molecule has 0 aliphatic carbocycles. The average molecular weight is 259 g/mol. The summed E-state index contributed by atoms with van der Waals surface area (Å²) in [5.41, 5.74) is 2.53. The lowest BCUT2D eigenvalue weighted by Crippen LogP contribution is -2.51. The lowest BCUT2D eigenvalue weighted by molar-refractivity contribution is -0.0914. The molecule has 0 spiro atoms. The van der Waals surface area contributed by atoms with Crippen molar-refractivity contribution in [3.8, 4) is 0 Å². The van der Waals surface area contributed by atoms with E-state index in [4.69, 9.17) is 9.47 Å². The molecule has 3 aliphatic rings. The molecule has 2 bridgehead atoms. The molecule has 3 unspecified atom stereocenters. The molecule has 3 heterocycles. The molecule has 0 aromatic heterocycles. The van der Waals surface area contributed by atoms with Crippen molar-refractivity contribution in [1.29, 1.82) is 0 Å². The topological polar surface area (TPSA) is 21.7 Å². The molecule has 3 nitrogen and oxygen atoms in total. The fourth-order valence-corrected chi connectivity index (χ4v) is 4.28. The van der Waals surface area contributed by atoms with Gasteiger partial charge in [-0.3, -0.25) is 4.90 Å².